The summed E-state index contributed by atoms with van der Waals surface area (Å²) in [5.74, 6) is 0.0836. The molecule has 1 saturated heterocycles. The van der Waals surface area contributed by atoms with Crippen LogP contribution in [0.1, 0.15) is 19.8 Å². The van der Waals surface area contributed by atoms with Gasteiger partial charge in [-0.3, -0.25) is 4.79 Å². The summed E-state index contributed by atoms with van der Waals surface area (Å²) in [7, 11) is 2.11. The number of carbonyl (C=O) groups is 1. The van der Waals surface area contributed by atoms with Gasteiger partial charge in [0.2, 0.25) is 5.91 Å². The van der Waals surface area contributed by atoms with Crippen LogP contribution in [0.25, 0.3) is 0 Å². The van der Waals surface area contributed by atoms with E-state index in [0.717, 1.165) is 13.1 Å². The number of carbonyl (C=O) groups excluding carboxylic acids is 1. The van der Waals surface area contributed by atoms with Crippen molar-refractivity contribution < 1.29 is 4.79 Å². The van der Waals surface area contributed by atoms with E-state index >= 15 is 0 Å². The highest BCUT2D eigenvalue weighted by Crippen LogP contribution is 2.13. The first-order valence-corrected chi connectivity index (χ1v) is 5.65. The van der Waals surface area contributed by atoms with Gasteiger partial charge in [-0.1, -0.05) is 15.9 Å². The quantitative estimate of drug-likeness (QED) is 0.756. The summed E-state index contributed by atoms with van der Waals surface area (Å²) < 4.78 is 0. The molecule has 2 atom stereocenters. The molecule has 1 fully saturated rings. The summed E-state index contributed by atoms with van der Waals surface area (Å²) in [5.41, 5.74) is 0. The van der Waals surface area contributed by atoms with Crippen LogP contribution in [0.3, 0.4) is 0 Å². The van der Waals surface area contributed by atoms with Crippen LogP contribution in [0.4, 0.5) is 0 Å². The van der Waals surface area contributed by atoms with Crippen LogP contribution >= 0.6 is 15.9 Å². The zero-order valence-corrected chi connectivity index (χ0v) is 9.80. The van der Waals surface area contributed by atoms with Crippen molar-refractivity contribution in [1.29, 1.82) is 0 Å². The summed E-state index contributed by atoms with van der Waals surface area (Å²) in [6.45, 7) is 3.78. The lowest BCUT2D eigenvalue weighted by atomic mass is 10.2. The largest absolute Gasteiger partial charge is 0.354 e. The highest BCUT2D eigenvalue weighted by Gasteiger charge is 2.21. The highest BCUT2D eigenvalue weighted by molar-refractivity contribution is 9.10. The number of halogens is 1. The maximum Gasteiger partial charge on any atom is 0.233 e. The maximum atomic E-state index is 11.2. The van der Waals surface area contributed by atoms with E-state index in [-0.39, 0.29) is 10.7 Å². The standard InChI is InChI=1S/C9H17BrN2O/c1-7(10)9(13)11-6-8-4-3-5-12(8)2/h7-8H,3-6H2,1-2H3,(H,11,13). The predicted octanol–water partition coefficient (Wildman–Crippen LogP) is 0.980. The molecule has 76 valence electrons. The molecule has 1 aliphatic heterocycles. The number of likely N-dealkylation sites (tertiary alicyclic amines) is 1. The lowest BCUT2D eigenvalue weighted by Crippen LogP contribution is -2.40. The average Bonchev–Trinajstić information content (AvgIpc) is 2.47. The van der Waals surface area contributed by atoms with Crippen LogP contribution in [0, 0.1) is 0 Å². The number of amides is 1. The number of alkyl halides is 1. The van der Waals surface area contributed by atoms with Crippen LogP contribution in [-0.2, 0) is 4.79 Å². The zero-order valence-electron chi connectivity index (χ0n) is 8.22. The molecular weight excluding hydrogens is 232 g/mol. The maximum absolute atomic E-state index is 11.2. The van der Waals surface area contributed by atoms with Gasteiger partial charge in [-0.25, -0.2) is 0 Å². The summed E-state index contributed by atoms with van der Waals surface area (Å²) in [5, 5.41) is 2.93. The van der Waals surface area contributed by atoms with E-state index in [0.29, 0.717) is 6.04 Å². The molecule has 13 heavy (non-hydrogen) atoms. The molecule has 0 aromatic rings. The van der Waals surface area contributed by atoms with Gasteiger partial charge in [0.15, 0.2) is 0 Å². The van der Waals surface area contributed by atoms with Gasteiger partial charge in [0.1, 0.15) is 0 Å². The van der Waals surface area contributed by atoms with Gasteiger partial charge in [-0.15, -0.1) is 0 Å². The molecule has 0 radical (unpaired) electrons. The average molecular weight is 249 g/mol. The van der Waals surface area contributed by atoms with E-state index in [4.69, 9.17) is 0 Å². The number of nitrogens with one attached hydrogen (secondary N) is 1. The van der Waals surface area contributed by atoms with Crippen molar-refractivity contribution in [2.45, 2.75) is 30.6 Å². The van der Waals surface area contributed by atoms with Crippen LogP contribution in [0.5, 0.6) is 0 Å². The van der Waals surface area contributed by atoms with Crippen LogP contribution in [0.2, 0.25) is 0 Å². The minimum absolute atomic E-state index is 0.0836. The second kappa shape index (κ2) is 4.96. The molecule has 0 aromatic heterocycles. The zero-order chi connectivity index (χ0) is 9.84. The molecule has 0 saturated carbocycles. The molecule has 3 nitrogen and oxygen atoms in total. The highest BCUT2D eigenvalue weighted by atomic mass is 79.9. The van der Waals surface area contributed by atoms with Crippen molar-refractivity contribution in [3.63, 3.8) is 0 Å². The van der Waals surface area contributed by atoms with Crippen LogP contribution < -0.4 is 5.32 Å². The monoisotopic (exact) mass is 248 g/mol. The molecule has 0 bridgehead atoms. The Balaban J connectivity index is 2.22. The third-order valence-corrected chi connectivity index (χ3v) is 2.96. The van der Waals surface area contributed by atoms with E-state index < -0.39 is 0 Å². The molecule has 1 aliphatic rings. The van der Waals surface area contributed by atoms with Gasteiger partial charge in [0, 0.05) is 12.6 Å². The SMILES string of the molecule is CC(Br)C(=O)NCC1CCCN1C. The third kappa shape index (κ3) is 3.27. The summed E-state index contributed by atoms with van der Waals surface area (Å²) in [6.07, 6.45) is 2.45. The molecule has 1 amide bonds. The first kappa shape index (κ1) is 11.0. The van der Waals surface area contributed by atoms with E-state index in [1.165, 1.54) is 12.8 Å². The van der Waals surface area contributed by atoms with Crippen molar-refractivity contribution in [2.75, 3.05) is 20.1 Å². The Labute approximate surface area is 88.0 Å². The third-order valence-electron chi connectivity index (χ3n) is 2.54. The fourth-order valence-corrected chi connectivity index (χ4v) is 1.76. The number of rotatable bonds is 3. The van der Waals surface area contributed by atoms with E-state index in [9.17, 15) is 4.79 Å². The van der Waals surface area contributed by atoms with Gasteiger partial charge in [0.25, 0.3) is 0 Å². The molecule has 0 aliphatic carbocycles. The molecule has 0 aromatic carbocycles. The van der Waals surface area contributed by atoms with Crippen molar-refractivity contribution in [1.82, 2.24) is 10.2 Å². The first-order valence-electron chi connectivity index (χ1n) is 4.73. The van der Waals surface area contributed by atoms with Crippen LogP contribution in [-0.4, -0.2) is 41.8 Å². The predicted molar refractivity (Wildman–Crippen MR) is 57.1 cm³/mol. The van der Waals surface area contributed by atoms with Gasteiger partial charge in [-0.2, -0.15) is 0 Å². The second-order valence-electron chi connectivity index (χ2n) is 3.64. The molecule has 1 heterocycles. The summed E-state index contributed by atoms with van der Waals surface area (Å²) in [4.78, 5) is 13.5. The number of hydrogen-bond acceptors (Lipinski definition) is 2. The van der Waals surface area contributed by atoms with Gasteiger partial charge >= 0.3 is 0 Å². The van der Waals surface area contributed by atoms with Crippen molar-refractivity contribution >= 4 is 21.8 Å². The molecule has 4 heteroatoms. The van der Waals surface area contributed by atoms with Gasteiger partial charge in [-0.05, 0) is 33.4 Å². The minimum Gasteiger partial charge on any atom is -0.354 e. The Morgan fingerprint density at radius 3 is 2.92 bits per heavy atom. The molecule has 1 rings (SSSR count). The van der Waals surface area contributed by atoms with Crippen LogP contribution in [0.15, 0.2) is 0 Å². The van der Waals surface area contributed by atoms with Crippen molar-refractivity contribution in [3.05, 3.63) is 0 Å². The first-order chi connectivity index (χ1) is 6.11. The lowest BCUT2D eigenvalue weighted by Gasteiger charge is -2.19. The van der Waals surface area contributed by atoms with Crippen molar-refractivity contribution in [3.8, 4) is 0 Å². The number of nitrogens with zero attached hydrogens (tertiary/aromatic N) is 1. The fraction of sp³-hybridized carbons (Fsp3) is 0.889. The topological polar surface area (TPSA) is 32.3 Å². The van der Waals surface area contributed by atoms with E-state index in [1.54, 1.807) is 0 Å². The van der Waals surface area contributed by atoms with Gasteiger partial charge < -0.3 is 10.2 Å². The Morgan fingerprint density at radius 1 is 1.77 bits per heavy atom. The Kier molecular flexibility index (Phi) is 4.19. The summed E-state index contributed by atoms with van der Waals surface area (Å²) in [6, 6.07) is 0.537. The second-order valence-corrected chi connectivity index (χ2v) is 5.01. The fourth-order valence-electron chi connectivity index (χ4n) is 1.60. The minimum atomic E-state index is -0.0841. The smallest absolute Gasteiger partial charge is 0.233 e. The Hall–Kier alpha value is -0.0900. The lowest BCUT2D eigenvalue weighted by molar-refractivity contribution is -0.120. The molecular formula is C9H17BrN2O. The number of likely N-dealkylation sites (N-methyl/N-ethyl adjacent to an activating group) is 1. The normalized spacial score (nSPS) is 25.9. The Morgan fingerprint density at radius 2 is 2.46 bits per heavy atom. The van der Waals surface area contributed by atoms with Crippen molar-refractivity contribution in [2.24, 2.45) is 0 Å². The van der Waals surface area contributed by atoms with E-state index in [2.05, 4.69) is 33.2 Å². The molecule has 1 N–H and O–H groups in total. The van der Waals surface area contributed by atoms with Gasteiger partial charge in [0.05, 0.1) is 4.83 Å². The Bertz CT molecular complexity index is 184. The molecule has 2 unspecified atom stereocenters. The summed E-state index contributed by atoms with van der Waals surface area (Å²) >= 11 is 3.24. The molecule has 0 spiro atoms. The number of hydrogen-bond donors (Lipinski definition) is 1. The van der Waals surface area contributed by atoms with E-state index in [1.807, 2.05) is 6.92 Å².